The predicted molar refractivity (Wildman–Crippen MR) is 59.0 cm³/mol. The van der Waals surface area contributed by atoms with Crippen LogP contribution < -0.4 is 11.5 Å². The Hall–Kier alpha value is -1.71. The van der Waals surface area contributed by atoms with Crippen molar-refractivity contribution in [3.63, 3.8) is 0 Å². The highest BCUT2D eigenvalue weighted by atomic mass is 15.1. The van der Waals surface area contributed by atoms with Crippen molar-refractivity contribution in [1.29, 1.82) is 0 Å². The van der Waals surface area contributed by atoms with Gasteiger partial charge in [-0.3, -0.25) is 0 Å². The first-order chi connectivity index (χ1) is 6.52. The summed E-state index contributed by atoms with van der Waals surface area (Å²) in [6.45, 7) is 3.86. The van der Waals surface area contributed by atoms with Crippen LogP contribution in [0.25, 0.3) is 11.0 Å². The Labute approximate surface area is 82.5 Å². The molecule has 1 heterocycles. The standard InChI is InChI=1S/C10H14N4/c1-5-7(11)4-8-10(9(5)12)13-6(2)14(8)3/h4H,11-12H2,1-3H3. The van der Waals surface area contributed by atoms with Crippen molar-refractivity contribution in [1.82, 2.24) is 9.55 Å². The van der Waals surface area contributed by atoms with E-state index in [9.17, 15) is 0 Å². The zero-order valence-electron chi connectivity index (χ0n) is 8.63. The smallest absolute Gasteiger partial charge is 0.112 e. The van der Waals surface area contributed by atoms with Gasteiger partial charge in [0.05, 0.1) is 11.2 Å². The summed E-state index contributed by atoms with van der Waals surface area (Å²) >= 11 is 0. The minimum absolute atomic E-state index is 0.684. The molecule has 0 spiro atoms. The van der Waals surface area contributed by atoms with E-state index in [1.807, 2.05) is 31.5 Å². The average molecular weight is 190 g/mol. The van der Waals surface area contributed by atoms with Gasteiger partial charge in [0.25, 0.3) is 0 Å². The number of hydrogen-bond donors (Lipinski definition) is 2. The molecule has 0 fully saturated rings. The number of imidazole rings is 1. The molecule has 0 amide bonds. The van der Waals surface area contributed by atoms with Crippen LogP contribution in [0.5, 0.6) is 0 Å². The Morgan fingerprint density at radius 3 is 2.57 bits per heavy atom. The number of aryl methyl sites for hydroxylation is 2. The summed E-state index contributed by atoms with van der Waals surface area (Å²) in [6, 6.07) is 1.92. The van der Waals surface area contributed by atoms with Gasteiger partial charge in [0.2, 0.25) is 0 Å². The zero-order valence-corrected chi connectivity index (χ0v) is 8.63. The molecule has 1 aromatic carbocycles. The van der Waals surface area contributed by atoms with Crippen molar-refractivity contribution in [3.05, 3.63) is 17.5 Å². The SMILES string of the molecule is Cc1c(N)cc2c(nc(C)n2C)c1N. The van der Waals surface area contributed by atoms with Gasteiger partial charge in [0.1, 0.15) is 11.3 Å². The van der Waals surface area contributed by atoms with Gasteiger partial charge < -0.3 is 16.0 Å². The van der Waals surface area contributed by atoms with Crippen LogP contribution in [0, 0.1) is 13.8 Å². The molecular formula is C10H14N4. The Bertz CT molecular complexity index is 511. The molecule has 0 aliphatic heterocycles. The fraction of sp³-hybridized carbons (Fsp3) is 0.300. The Morgan fingerprint density at radius 2 is 1.93 bits per heavy atom. The summed E-state index contributed by atoms with van der Waals surface area (Å²) in [4.78, 5) is 4.40. The van der Waals surface area contributed by atoms with Crippen molar-refractivity contribution in [2.45, 2.75) is 13.8 Å². The van der Waals surface area contributed by atoms with Gasteiger partial charge in [-0.2, -0.15) is 0 Å². The lowest BCUT2D eigenvalue weighted by molar-refractivity contribution is 0.886. The van der Waals surface area contributed by atoms with E-state index in [1.165, 1.54) is 0 Å². The summed E-state index contributed by atoms with van der Waals surface area (Å²) in [5.41, 5.74) is 15.9. The van der Waals surface area contributed by atoms with Crippen molar-refractivity contribution < 1.29 is 0 Å². The monoisotopic (exact) mass is 190 g/mol. The first-order valence-electron chi connectivity index (χ1n) is 4.50. The molecule has 0 radical (unpaired) electrons. The van der Waals surface area contributed by atoms with E-state index in [0.717, 1.165) is 28.1 Å². The second-order valence-electron chi connectivity index (χ2n) is 3.59. The predicted octanol–water partition coefficient (Wildman–Crippen LogP) is 1.35. The third-order valence-electron chi connectivity index (χ3n) is 2.75. The fourth-order valence-corrected chi connectivity index (χ4v) is 1.58. The maximum atomic E-state index is 5.95. The van der Waals surface area contributed by atoms with Gasteiger partial charge in [-0.25, -0.2) is 4.98 Å². The Kier molecular flexibility index (Phi) is 1.67. The number of rotatable bonds is 0. The molecule has 4 heteroatoms. The first kappa shape index (κ1) is 8.87. The topological polar surface area (TPSA) is 69.9 Å². The summed E-state index contributed by atoms with van der Waals surface area (Å²) < 4.78 is 1.99. The molecule has 4 nitrogen and oxygen atoms in total. The molecule has 0 saturated heterocycles. The molecule has 0 saturated carbocycles. The van der Waals surface area contributed by atoms with E-state index < -0.39 is 0 Å². The lowest BCUT2D eigenvalue weighted by Crippen LogP contribution is -1.98. The summed E-state index contributed by atoms with van der Waals surface area (Å²) in [5, 5.41) is 0. The number of fused-ring (bicyclic) bond motifs is 1. The van der Waals surface area contributed by atoms with Crippen molar-refractivity contribution in [3.8, 4) is 0 Å². The van der Waals surface area contributed by atoms with Gasteiger partial charge in [0.15, 0.2) is 0 Å². The number of nitrogen functional groups attached to an aromatic ring is 2. The number of benzene rings is 1. The van der Waals surface area contributed by atoms with Crippen LogP contribution in [0.4, 0.5) is 11.4 Å². The van der Waals surface area contributed by atoms with Gasteiger partial charge >= 0.3 is 0 Å². The van der Waals surface area contributed by atoms with Crippen molar-refractivity contribution in [2.24, 2.45) is 7.05 Å². The maximum Gasteiger partial charge on any atom is 0.112 e. The number of nitrogens with two attached hydrogens (primary N) is 2. The van der Waals surface area contributed by atoms with Crippen LogP contribution in [0.1, 0.15) is 11.4 Å². The van der Waals surface area contributed by atoms with Crippen molar-refractivity contribution in [2.75, 3.05) is 11.5 Å². The van der Waals surface area contributed by atoms with Gasteiger partial charge in [-0.1, -0.05) is 0 Å². The lowest BCUT2D eigenvalue weighted by atomic mass is 10.1. The highest BCUT2D eigenvalue weighted by molar-refractivity contribution is 5.93. The van der Waals surface area contributed by atoms with E-state index in [1.54, 1.807) is 0 Å². The van der Waals surface area contributed by atoms with Crippen LogP contribution >= 0.6 is 0 Å². The van der Waals surface area contributed by atoms with Crippen LogP contribution in [-0.2, 0) is 7.05 Å². The molecule has 14 heavy (non-hydrogen) atoms. The van der Waals surface area contributed by atoms with Gasteiger partial charge in [0, 0.05) is 12.7 Å². The fourth-order valence-electron chi connectivity index (χ4n) is 1.58. The van der Waals surface area contributed by atoms with E-state index in [2.05, 4.69) is 4.98 Å². The molecule has 2 rings (SSSR count). The first-order valence-corrected chi connectivity index (χ1v) is 4.50. The van der Waals surface area contributed by atoms with Crippen LogP contribution in [-0.4, -0.2) is 9.55 Å². The minimum atomic E-state index is 0.684. The quantitative estimate of drug-likeness (QED) is 0.616. The molecule has 0 aliphatic carbocycles. The second-order valence-corrected chi connectivity index (χ2v) is 3.59. The van der Waals surface area contributed by atoms with Crippen LogP contribution in [0.15, 0.2) is 6.07 Å². The highest BCUT2D eigenvalue weighted by Crippen LogP contribution is 2.28. The minimum Gasteiger partial charge on any atom is -0.398 e. The summed E-state index contributed by atoms with van der Waals surface area (Å²) in [6.07, 6.45) is 0. The number of hydrogen-bond acceptors (Lipinski definition) is 3. The third kappa shape index (κ3) is 0.968. The van der Waals surface area contributed by atoms with E-state index >= 15 is 0 Å². The molecule has 0 aliphatic rings. The highest BCUT2D eigenvalue weighted by Gasteiger charge is 2.11. The number of anilines is 2. The van der Waals surface area contributed by atoms with E-state index in [0.29, 0.717) is 5.69 Å². The van der Waals surface area contributed by atoms with E-state index in [4.69, 9.17) is 11.5 Å². The summed E-state index contributed by atoms with van der Waals surface area (Å²) in [5.74, 6) is 0.941. The average Bonchev–Trinajstić information content (AvgIpc) is 2.42. The van der Waals surface area contributed by atoms with Crippen LogP contribution in [0.3, 0.4) is 0 Å². The zero-order chi connectivity index (χ0) is 10.5. The van der Waals surface area contributed by atoms with Gasteiger partial charge in [-0.05, 0) is 25.5 Å². The molecule has 74 valence electrons. The lowest BCUT2D eigenvalue weighted by Gasteiger charge is -2.05. The maximum absolute atomic E-state index is 5.95. The molecule has 0 bridgehead atoms. The van der Waals surface area contributed by atoms with Crippen molar-refractivity contribution >= 4 is 22.4 Å². The number of aromatic nitrogens is 2. The van der Waals surface area contributed by atoms with Crippen LogP contribution in [0.2, 0.25) is 0 Å². The Balaban J connectivity index is 2.98. The molecule has 0 atom stereocenters. The molecule has 2 aromatic rings. The number of nitrogens with zero attached hydrogens (tertiary/aromatic N) is 2. The second kappa shape index (κ2) is 2.64. The van der Waals surface area contributed by atoms with Gasteiger partial charge in [-0.15, -0.1) is 0 Å². The third-order valence-corrected chi connectivity index (χ3v) is 2.75. The molecular weight excluding hydrogens is 176 g/mol. The summed E-state index contributed by atoms with van der Waals surface area (Å²) in [7, 11) is 1.96. The molecule has 1 aromatic heterocycles. The Morgan fingerprint density at radius 1 is 1.29 bits per heavy atom. The molecule has 4 N–H and O–H groups in total. The van der Waals surface area contributed by atoms with E-state index in [-0.39, 0.29) is 0 Å². The largest absolute Gasteiger partial charge is 0.398 e. The molecule has 0 unspecified atom stereocenters. The normalized spacial score (nSPS) is 11.1.